The molecule has 2 amide bonds. The number of hydrogen-bond donors (Lipinski definition) is 14. The summed E-state index contributed by atoms with van der Waals surface area (Å²) in [5.41, 5.74) is 0. The van der Waals surface area contributed by atoms with Gasteiger partial charge in [0, 0.05) is 13.8 Å². The lowest BCUT2D eigenvalue weighted by Crippen LogP contribution is -2.70. The Morgan fingerprint density at radius 2 is 0.943 bits per heavy atom. The summed E-state index contributed by atoms with van der Waals surface area (Å²) in [6.45, 7) is 0.0912. The Morgan fingerprint density at radius 1 is 0.509 bits per heavy atom. The zero-order valence-electron chi connectivity index (χ0n) is 27.8. The fourth-order valence-electron chi connectivity index (χ4n) is 6.29. The maximum absolute atomic E-state index is 12.4. The number of aliphatic carboxylic acids is 2. The smallest absolute Gasteiger partial charge is 0.335 e. The quantitative estimate of drug-likeness (QED) is 0.0875. The molecule has 4 fully saturated rings. The highest BCUT2D eigenvalue weighted by molar-refractivity contribution is 5.74. The predicted molar refractivity (Wildman–Crippen MR) is 158 cm³/mol. The normalized spacial score (nSPS) is 46.3. The number of ether oxygens (including phenoxy) is 7. The zero-order chi connectivity index (χ0) is 39.6. The number of amides is 2. The number of rotatable bonds is 12. The molecule has 4 heterocycles. The van der Waals surface area contributed by atoms with Crippen LogP contribution in [0, 0.1) is 0 Å². The summed E-state index contributed by atoms with van der Waals surface area (Å²) < 4.78 is 38.1. The summed E-state index contributed by atoms with van der Waals surface area (Å²) in [5.74, 6) is -5.29. The van der Waals surface area contributed by atoms with Gasteiger partial charge in [-0.15, -0.1) is 0 Å². The summed E-state index contributed by atoms with van der Waals surface area (Å²) in [6.07, 6.45) is -36.5. The molecule has 304 valence electrons. The highest BCUT2D eigenvalue weighted by atomic mass is 16.8. The minimum absolute atomic E-state index is 0.769. The van der Waals surface area contributed by atoms with Crippen molar-refractivity contribution in [2.75, 3.05) is 13.2 Å². The van der Waals surface area contributed by atoms with Crippen LogP contribution >= 0.6 is 0 Å². The van der Waals surface area contributed by atoms with E-state index < -0.39 is 160 Å². The molecule has 20 atom stereocenters. The number of nitrogens with one attached hydrogen (secondary N) is 2. The van der Waals surface area contributed by atoms with E-state index in [-0.39, 0.29) is 0 Å². The van der Waals surface area contributed by atoms with Crippen LogP contribution in [-0.2, 0) is 52.3 Å². The number of aliphatic hydroxyl groups is 10. The number of carboxylic acids is 2. The van der Waals surface area contributed by atoms with Crippen LogP contribution in [-0.4, -0.2) is 221 Å². The Balaban J connectivity index is 1.62. The van der Waals surface area contributed by atoms with Gasteiger partial charge in [0.05, 0.1) is 13.2 Å². The van der Waals surface area contributed by atoms with E-state index in [1.165, 1.54) is 0 Å². The Kier molecular flexibility index (Phi) is 14.4. The molecule has 14 N–H and O–H groups in total. The molecule has 4 saturated heterocycles. The molecule has 0 aromatic heterocycles. The first-order chi connectivity index (χ1) is 24.8. The van der Waals surface area contributed by atoms with Crippen LogP contribution in [0.4, 0.5) is 0 Å². The van der Waals surface area contributed by atoms with E-state index in [1.54, 1.807) is 0 Å². The molecule has 0 aromatic carbocycles. The molecule has 53 heavy (non-hydrogen) atoms. The van der Waals surface area contributed by atoms with Crippen molar-refractivity contribution in [3.05, 3.63) is 0 Å². The Bertz CT molecular complexity index is 1300. The van der Waals surface area contributed by atoms with Crippen LogP contribution in [0.1, 0.15) is 13.8 Å². The summed E-state index contributed by atoms with van der Waals surface area (Å²) in [6, 6.07) is -3.40. The van der Waals surface area contributed by atoms with Crippen molar-refractivity contribution in [2.24, 2.45) is 0 Å². The molecule has 0 aliphatic carbocycles. The standard InChI is InChI=1S/C28H44N2O23/c1-5(33)29-9-13(37)11(35)7(3-31)47-26(9)51-20-15(39)17(41)28(53-22(20)24(44)45)50-18-10(30-6(2)34)27(48-8(4-32)12(18)36)52-19-14(38)16(40)25(46)49-21(19)23(42)43/h7-22,25-28,31-32,35-41,46H,3-4H2,1-2H3,(H,29,33)(H,30,34)(H,42,43)(H,44,45)/t7-,8-,9-,10-,11+,12+,13-,14-,15-,16-,17-,18-,19+,20+,21+,22+,25-,26+,27+,28-/m1/s1. The lowest BCUT2D eigenvalue weighted by molar-refractivity contribution is -0.368. The van der Waals surface area contributed by atoms with E-state index >= 15 is 0 Å². The second kappa shape index (κ2) is 17.8. The summed E-state index contributed by atoms with van der Waals surface area (Å²) in [4.78, 5) is 48.4. The maximum Gasteiger partial charge on any atom is 0.335 e. The SMILES string of the molecule is CC(=O)N[C@H]1[C@H](O[C@H]2[C@H](O)[C@@H](O)[C@H](O[C@H]3[C@@H](O)[C@@H](CO)O[C@@H](O[C@H]4[C@H](O)[C@@H](O)[C@H](O)O[C@@H]4C(=O)O)[C@@H]3NC(C)=O)O[C@@H]2C(=O)O)O[C@H](CO)[C@H](O)[C@@H]1O. The fraction of sp³-hybridized carbons (Fsp3) is 0.857. The maximum atomic E-state index is 12.4. The van der Waals surface area contributed by atoms with Crippen molar-refractivity contribution >= 4 is 23.8 Å². The van der Waals surface area contributed by atoms with Gasteiger partial charge in [-0.2, -0.15) is 0 Å². The highest BCUT2D eigenvalue weighted by Gasteiger charge is 2.57. The number of carbonyl (C=O) groups is 4. The van der Waals surface area contributed by atoms with Crippen LogP contribution in [0.25, 0.3) is 0 Å². The Labute approximate surface area is 298 Å². The third-order valence-corrected chi connectivity index (χ3v) is 8.94. The molecule has 4 rings (SSSR count). The van der Waals surface area contributed by atoms with E-state index in [2.05, 4.69) is 10.6 Å². The van der Waals surface area contributed by atoms with Crippen molar-refractivity contribution in [1.82, 2.24) is 10.6 Å². The highest BCUT2D eigenvalue weighted by Crippen LogP contribution is 2.34. The summed E-state index contributed by atoms with van der Waals surface area (Å²) >= 11 is 0. The minimum atomic E-state index is -2.29. The van der Waals surface area contributed by atoms with Crippen LogP contribution in [0.2, 0.25) is 0 Å². The Hall–Kier alpha value is -2.80. The molecule has 4 aliphatic rings. The molecule has 25 heteroatoms. The van der Waals surface area contributed by atoms with Gasteiger partial charge in [-0.1, -0.05) is 0 Å². The molecular formula is C28H44N2O23. The Morgan fingerprint density at radius 3 is 1.43 bits per heavy atom. The van der Waals surface area contributed by atoms with Crippen LogP contribution in [0.5, 0.6) is 0 Å². The number of aliphatic hydroxyl groups excluding tert-OH is 10. The predicted octanol–water partition coefficient (Wildman–Crippen LogP) is -9.28. The lowest BCUT2D eigenvalue weighted by atomic mass is 9.94. The summed E-state index contributed by atoms with van der Waals surface area (Å²) in [5, 5.41) is 128. The van der Waals surface area contributed by atoms with Crippen molar-refractivity contribution < 1.29 is 114 Å². The van der Waals surface area contributed by atoms with Gasteiger partial charge in [0.15, 0.2) is 37.4 Å². The van der Waals surface area contributed by atoms with Gasteiger partial charge in [-0.3, -0.25) is 9.59 Å². The zero-order valence-corrected chi connectivity index (χ0v) is 27.8. The molecular weight excluding hydrogens is 732 g/mol. The van der Waals surface area contributed by atoms with Crippen LogP contribution in [0.15, 0.2) is 0 Å². The van der Waals surface area contributed by atoms with Crippen molar-refractivity contribution in [2.45, 2.75) is 137 Å². The van der Waals surface area contributed by atoms with Gasteiger partial charge in [0.2, 0.25) is 11.8 Å². The average molecular weight is 777 g/mol. The largest absolute Gasteiger partial charge is 0.479 e. The molecule has 0 radical (unpaired) electrons. The molecule has 0 aromatic rings. The summed E-state index contributed by atoms with van der Waals surface area (Å²) in [7, 11) is 0. The second-order valence-corrected chi connectivity index (χ2v) is 12.7. The van der Waals surface area contributed by atoms with Gasteiger partial charge in [-0.25, -0.2) is 9.59 Å². The second-order valence-electron chi connectivity index (χ2n) is 12.7. The monoisotopic (exact) mass is 776 g/mol. The lowest BCUT2D eigenvalue weighted by Gasteiger charge is -2.49. The van der Waals surface area contributed by atoms with Gasteiger partial charge in [0.25, 0.3) is 0 Å². The van der Waals surface area contributed by atoms with Gasteiger partial charge in [-0.05, 0) is 0 Å². The van der Waals surface area contributed by atoms with Crippen molar-refractivity contribution in [3.63, 3.8) is 0 Å². The van der Waals surface area contributed by atoms with E-state index in [9.17, 15) is 80.5 Å². The molecule has 0 bridgehead atoms. The van der Waals surface area contributed by atoms with Crippen LogP contribution < -0.4 is 10.6 Å². The third kappa shape index (κ3) is 9.19. The third-order valence-electron chi connectivity index (χ3n) is 8.94. The number of hydrogen-bond acceptors (Lipinski definition) is 21. The molecule has 0 spiro atoms. The molecule has 4 aliphatic heterocycles. The minimum Gasteiger partial charge on any atom is -0.479 e. The number of carboxylic acid groups (broad SMARTS) is 2. The van der Waals surface area contributed by atoms with E-state index in [1.807, 2.05) is 0 Å². The van der Waals surface area contributed by atoms with E-state index in [4.69, 9.17) is 33.2 Å². The molecule has 25 nitrogen and oxygen atoms in total. The van der Waals surface area contributed by atoms with Crippen LogP contribution in [0.3, 0.4) is 0 Å². The molecule has 0 unspecified atom stereocenters. The topological polar surface area (TPSA) is 400 Å². The van der Waals surface area contributed by atoms with Gasteiger partial charge in [0.1, 0.15) is 85.3 Å². The van der Waals surface area contributed by atoms with E-state index in [0.717, 1.165) is 13.8 Å². The first kappa shape index (κ1) is 42.9. The fourth-order valence-corrected chi connectivity index (χ4v) is 6.29. The average Bonchev–Trinajstić information content (AvgIpc) is 3.09. The molecule has 0 saturated carbocycles. The first-order valence-electron chi connectivity index (χ1n) is 16.1. The first-order valence-corrected chi connectivity index (χ1v) is 16.1. The van der Waals surface area contributed by atoms with Gasteiger partial charge >= 0.3 is 11.9 Å². The van der Waals surface area contributed by atoms with Gasteiger partial charge < -0.3 is 105 Å². The number of carbonyl (C=O) groups excluding carboxylic acids is 2. The van der Waals surface area contributed by atoms with Crippen molar-refractivity contribution in [1.29, 1.82) is 0 Å². The van der Waals surface area contributed by atoms with Crippen molar-refractivity contribution in [3.8, 4) is 0 Å². The van der Waals surface area contributed by atoms with E-state index in [0.29, 0.717) is 0 Å².